The molecule has 152 valence electrons. The second-order valence-corrected chi connectivity index (χ2v) is 9.59. The van der Waals surface area contributed by atoms with Crippen molar-refractivity contribution in [3.05, 3.63) is 52.0 Å². The lowest BCUT2D eigenvalue weighted by molar-refractivity contribution is 0.191. The molecule has 11 heteroatoms. The Hall–Kier alpha value is -0.760. The summed E-state index contributed by atoms with van der Waals surface area (Å²) in [5.74, 6) is 0. The minimum Gasteiger partial charge on any atom is -0.381 e. The highest BCUT2D eigenvalue weighted by Gasteiger charge is 2.31. The fourth-order valence-corrected chi connectivity index (χ4v) is 3.92. The zero-order chi connectivity index (χ0) is 20.5. The van der Waals surface area contributed by atoms with Crippen molar-refractivity contribution in [2.75, 3.05) is 18.5 Å². The molecule has 1 aromatic rings. The molecule has 4 N–H and O–H groups in total. The van der Waals surface area contributed by atoms with E-state index in [9.17, 15) is 9.13 Å². The van der Waals surface area contributed by atoms with Gasteiger partial charge in [0.05, 0.1) is 6.61 Å². The van der Waals surface area contributed by atoms with E-state index in [1.54, 1.807) is 6.08 Å². The molecule has 0 heterocycles. The number of halogens is 1. The molecule has 1 aromatic carbocycles. The summed E-state index contributed by atoms with van der Waals surface area (Å²) in [5, 5.41) is 3.32. The number of hydrogen-bond donors (Lipinski definition) is 4. The molecular weight excluding hydrogens is 460 g/mol. The fraction of sp³-hybridized carbons (Fsp3) is 0.375. The maximum atomic E-state index is 11.3. The molecule has 0 saturated carbocycles. The average Bonchev–Trinajstić information content (AvgIpc) is 2.50. The maximum Gasteiger partial charge on any atom is 0.481 e. The molecule has 1 atom stereocenters. The number of benzene rings is 1. The molecular formula is C16H24BrNO7P2. The Labute approximate surface area is 167 Å². The summed E-state index contributed by atoms with van der Waals surface area (Å²) in [7, 11) is -9.87. The van der Waals surface area contributed by atoms with Crippen molar-refractivity contribution in [2.45, 2.75) is 26.7 Å². The van der Waals surface area contributed by atoms with E-state index >= 15 is 0 Å². The highest BCUT2D eigenvalue weighted by molar-refractivity contribution is 9.10. The normalized spacial score (nSPS) is 15.5. The van der Waals surface area contributed by atoms with Crippen LogP contribution in [0.5, 0.6) is 0 Å². The first kappa shape index (κ1) is 24.3. The van der Waals surface area contributed by atoms with E-state index in [0.717, 1.165) is 28.7 Å². The molecule has 0 spiro atoms. The predicted octanol–water partition coefficient (Wildman–Crippen LogP) is 4.76. The molecule has 0 radical (unpaired) electrons. The molecule has 1 rings (SSSR count). The number of phosphoric ester groups is 1. The van der Waals surface area contributed by atoms with E-state index in [2.05, 4.69) is 36.2 Å². The van der Waals surface area contributed by atoms with Gasteiger partial charge in [0.2, 0.25) is 0 Å². The molecule has 0 amide bonds. The van der Waals surface area contributed by atoms with Crippen LogP contribution in [0.1, 0.15) is 26.7 Å². The van der Waals surface area contributed by atoms with Gasteiger partial charge in [-0.3, -0.25) is 4.52 Å². The Morgan fingerprint density at radius 2 is 1.89 bits per heavy atom. The van der Waals surface area contributed by atoms with Gasteiger partial charge in [0, 0.05) is 16.7 Å². The quantitative estimate of drug-likeness (QED) is 0.262. The van der Waals surface area contributed by atoms with Gasteiger partial charge >= 0.3 is 15.6 Å². The standard InChI is InChI=1S/C16H24BrNO7P2/c1-13(9-10-24-27(22,23)25-26(19,20)21)5-3-6-14(2)12-18-16-8-4-7-15(17)11-16/h4,6-9,11,18H,3,5,10,12H2,1-2H3,(H,22,23)(H2,19,20,21)/b13-9+,14-6+. The van der Waals surface area contributed by atoms with Crippen LogP contribution in [-0.4, -0.2) is 27.8 Å². The van der Waals surface area contributed by atoms with Crippen molar-refractivity contribution in [2.24, 2.45) is 0 Å². The van der Waals surface area contributed by atoms with E-state index < -0.39 is 15.6 Å². The second-order valence-electron chi connectivity index (χ2n) is 5.84. The SMILES string of the molecule is C/C(=C\COP(=O)(O)OP(=O)(O)O)CC/C=C(\C)CNc1cccc(Br)c1. The Morgan fingerprint density at radius 3 is 2.52 bits per heavy atom. The van der Waals surface area contributed by atoms with Crippen molar-refractivity contribution < 1.29 is 32.6 Å². The molecule has 0 aromatic heterocycles. The zero-order valence-corrected chi connectivity index (χ0v) is 18.4. The molecule has 27 heavy (non-hydrogen) atoms. The Bertz CT molecular complexity index is 776. The largest absolute Gasteiger partial charge is 0.481 e. The Balaban J connectivity index is 2.34. The summed E-state index contributed by atoms with van der Waals surface area (Å²) < 4.78 is 31.0. The minimum atomic E-state index is -5.09. The van der Waals surface area contributed by atoms with E-state index in [-0.39, 0.29) is 6.61 Å². The van der Waals surface area contributed by atoms with E-state index in [1.165, 1.54) is 5.57 Å². The first-order valence-electron chi connectivity index (χ1n) is 8.02. The van der Waals surface area contributed by atoms with Crippen LogP contribution in [0.15, 0.2) is 52.0 Å². The highest BCUT2D eigenvalue weighted by atomic mass is 79.9. The number of anilines is 1. The van der Waals surface area contributed by atoms with Crippen LogP contribution in [0.25, 0.3) is 0 Å². The van der Waals surface area contributed by atoms with Crippen molar-refractivity contribution in [1.82, 2.24) is 0 Å². The first-order valence-corrected chi connectivity index (χ1v) is 11.8. The number of hydrogen-bond acceptors (Lipinski definition) is 5. The summed E-state index contributed by atoms with van der Waals surface area (Å²) in [6, 6.07) is 7.90. The smallest absolute Gasteiger partial charge is 0.381 e. The van der Waals surface area contributed by atoms with Crippen molar-refractivity contribution in [3.63, 3.8) is 0 Å². The van der Waals surface area contributed by atoms with Crippen LogP contribution in [0.4, 0.5) is 5.69 Å². The van der Waals surface area contributed by atoms with Gasteiger partial charge < -0.3 is 20.0 Å². The van der Waals surface area contributed by atoms with Gasteiger partial charge in [-0.15, -0.1) is 0 Å². The lowest BCUT2D eigenvalue weighted by Crippen LogP contribution is -2.02. The van der Waals surface area contributed by atoms with Gasteiger partial charge in [-0.05, 0) is 44.9 Å². The van der Waals surface area contributed by atoms with E-state index in [4.69, 9.17) is 14.7 Å². The Kier molecular flexibility index (Phi) is 10.2. The summed E-state index contributed by atoms with van der Waals surface area (Å²) in [4.78, 5) is 26.2. The summed E-state index contributed by atoms with van der Waals surface area (Å²) in [5.41, 5.74) is 3.11. The Morgan fingerprint density at radius 1 is 1.19 bits per heavy atom. The fourth-order valence-electron chi connectivity index (χ4n) is 1.99. The van der Waals surface area contributed by atoms with Gasteiger partial charge in [-0.2, -0.15) is 4.31 Å². The van der Waals surface area contributed by atoms with Crippen LogP contribution in [-0.2, 0) is 18.0 Å². The third-order valence-corrected chi connectivity index (χ3v) is 5.95. The van der Waals surface area contributed by atoms with Crippen molar-refractivity contribution in [1.29, 1.82) is 0 Å². The summed E-state index contributed by atoms with van der Waals surface area (Å²) in [6.07, 6.45) is 5.16. The lowest BCUT2D eigenvalue weighted by Gasteiger charge is -2.11. The number of rotatable bonds is 11. The monoisotopic (exact) mass is 483 g/mol. The molecule has 8 nitrogen and oxygen atoms in total. The first-order chi connectivity index (χ1) is 12.5. The van der Waals surface area contributed by atoms with Gasteiger partial charge in [-0.1, -0.05) is 45.3 Å². The molecule has 0 aliphatic heterocycles. The van der Waals surface area contributed by atoms with Crippen molar-refractivity contribution in [3.8, 4) is 0 Å². The molecule has 0 bridgehead atoms. The van der Waals surface area contributed by atoms with Crippen LogP contribution in [0.3, 0.4) is 0 Å². The topological polar surface area (TPSA) is 125 Å². The average molecular weight is 484 g/mol. The third-order valence-electron chi connectivity index (χ3n) is 3.31. The van der Waals surface area contributed by atoms with Crippen LogP contribution >= 0.6 is 31.6 Å². The predicted molar refractivity (Wildman–Crippen MR) is 108 cm³/mol. The minimum absolute atomic E-state index is 0.285. The van der Waals surface area contributed by atoms with Gasteiger partial charge in [0.1, 0.15) is 0 Å². The van der Waals surface area contributed by atoms with Crippen LogP contribution in [0, 0.1) is 0 Å². The molecule has 0 saturated heterocycles. The number of phosphoric acid groups is 2. The summed E-state index contributed by atoms with van der Waals surface area (Å²) >= 11 is 3.42. The number of nitrogens with one attached hydrogen (secondary N) is 1. The van der Waals surface area contributed by atoms with Gasteiger partial charge in [0.15, 0.2) is 0 Å². The number of allylic oxidation sites excluding steroid dienone is 2. The highest BCUT2D eigenvalue weighted by Crippen LogP contribution is 2.57. The van der Waals surface area contributed by atoms with E-state index in [1.807, 2.05) is 38.1 Å². The lowest BCUT2D eigenvalue weighted by atomic mass is 10.1. The zero-order valence-electron chi connectivity index (χ0n) is 15.0. The van der Waals surface area contributed by atoms with Gasteiger partial charge in [0.25, 0.3) is 0 Å². The van der Waals surface area contributed by atoms with Gasteiger partial charge in [-0.25, -0.2) is 9.13 Å². The third kappa shape index (κ3) is 12.3. The van der Waals surface area contributed by atoms with Crippen LogP contribution < -0.4 is 5.32 Å². The van der Waals surface area contributed by atoms with Crippen LogP contribution in [0.2, 0.25) is 0 Å². The maximum absolute atomic E-state index is 11.3. The molecule has 0 fully saturated rings. The molecule has 0 aliphatic carbocycles. The second kappa shape index (κ2) is 11.3. The van der Waals surface area contributed by atoms with Crippen molar-refractivity contribution >= 4 is 37.3 Å². The van der Waals surface area contributed by atoms with E-state index in [0.29, 0.717) is 6.42 Å². The summed E-state index contributed by atoms with van der Waals surface area (Å²) in [6.45, 7) is 4.29. The molecule has 0 aliphatic rings. The molecule has 1 unspecified atom stereocenters.